The maximum absolute atomic E-state index is 6.70. The maximum atomic E-state index is 6.70. The Balaban J connectivity index is 1.76. The smallest absolute Gasteiger partial charge is 0.0685 e. The Hall–Kier alpha value is -0.860. The third-order valence-electron chi connectivity index (χ3n) is 5.65. The van der Waals surface area contributed by atoms with Crippen molar-refractivity contribution in [2.24, 2.45) is 11.7 Å². The molecule has 20 heavy (non-hydrogen) atoms. The molecule has 2 aliphatic rings. The predicted octanol–water partition coefficient (Wildman–Crippen LogP) is 3.64. The van der Waals surface area contributed by atoms with Crippen molar-refractivity contribution in [3.8, 4) is 0 Å². The van der Waals surface area contributed by atoms with Gasteiger partial charge in [-0.05, 0) is 43.6 Å². The van der Waals surface area contributed by atoms with Gasteiger partial charge in [0.15, 0.2) is 0 Å². The van der Waals surface area contributed by atoms with Crippen LogP contribution in [0.3, 0.4) is 0 Å². The SMILES string of the molecule is CC(C)(c1ccccc1)C(N)C1CCOC2(CCC2)C1. The van der Waals surface area contributed by atoms with E-state index in [2.05, 4.69) is 44.2 Å². The van der Waals surface area contributed by atoms with Gasteiger partial charge in [0.05, 0.1) is 5.60 Å². The van der Waals surface area contributed by atoms with Crippen LogP contribution in [0.1, 0.15) is 51.5 Å². The van der Waals surface area contributed by atoms with Crippen LogP contribution in [0.25, 0.3) is 0 Å². The molecule has 0 bridgehead atoms. The second-order valence-corrected chi connectivity index (χ2v) is 7.25. The Morgan fingerprint density at radius 1 is 1.25 bits per heavy atom. The van der Waals surface area contributed by atoms with Crippen molar-refractivity contribution in [3.63, 3.8) is 0 Å². The molecule has 2 N–H and O–H groups in total. The molecule has 1 saturated heterocycles. The minimum atomic E-state index is 0.0220. The number of nitrogens with two attached hydrogens (primary N) is 1. The number of hydrogen-bond donors (Lipinski definition) is 1. The molecule has 0 amide bonds. The van der Waals surface area contributed by atoms with Crippen LogP contribution in [0, 0.1) is 5.92 Å². The van der Waals surface area contributed by atoms with Gasteiger partial charge in [0, 0.05) is 18.1 Å². The zero-order valence-corrected chi connectivity index (χ0v) is 12.8. The maximum Gasteiger partial charge on any atom is 0.0685 e. The standard InChI is InChI=1S/C18H27NO/c1-17(2,15-7-4-3-5-8-15)16(19)14-9-12-20-18(13-14)10-6-11-18/h3-5,7-8,14,16H,6,9-13,19H2,1-2H3. The van der Waals surface area contributed by atoms with Gasteiger partial charge in [-0.1, -0.05) is 44.2 Å². The lowest BCUT2D eigenvalue weighted by Crippen LogP contribution is -2.54. The largest absolute Gasteiger partial charge is 0.375 e. The van der Waals surface area contributed by atoms with E-state index < -0.39 is 0 Å². The minimum absolute atomic E-state index is 0.0220. The number of benzene rings is 1. The molecule has 1 spiro atoms. The summed E-state index contributed by atoms with van der Waals surface area (Å²) in [5.74, 6) is 0.583. The molecule has 3 rings (SSSR count). The van der Waals surface area contributed by atoms with Crippen molar-refractivity contribution in [2.75, 3.05) is 6.61 Å². The monoisotopic (exact) mass is 273 g/mol. The van der Waals surface area contributed by atoms with Crippen molar-refractivity contribution in [3.05, 3.63) is 35.9 Å². The van der Waals surface area contributed by atoms with E-state index in [1.54, 1.807) is 0 Å². The highest BCUT2D eigenvalue weighted by Crippen LogP contribution is 2.46. The lowest BCUT2D eigenvalue weighted by molar-refractivity contribution is -0.147. The number of hydrogen-bond acceptors (Lipinski definition) is 2. The summed E-state index contributed by atoms with van der Waals surface area (Å²) in [6, 6.07) is 10.9. The van der Waals surface area contributed by atoms with Crippen molar-refractivity contribution in [1.29, 1.82) is 0 Å². The fourth-order valence-corrected chi connectivity index (χ4v) is 3.94. The van der Waals surface area contributed by atoms with Crippen molar-refractivity contribution >= 4 is 0 Å². The van der Waals surface area contributed by atoms with Crippen LogP contribution in [-0.2, 0) is 10.2 Å². The van der Waals surface area contributed by atoms with Gasteiger partial charge >= 0.3 is 0 Å². The molecule has 2 atom stereocenters. The zero-order valence-electron chi connectivity index (χ0n) is 12.8. The fraction of sp³-hybridized carbons (Fsp3) is 0.667. The van der Waals surface area contributed by atoms with Gasteiger partial charge < -0.3 is 10.5 Å². The van der Waals surface area contributed by atoms with Crippen molar-refractivity contribution in [2.45, 2.75) is 63.0 Å². The predicted molar refractivity (Wildman–Crippen MR) is 82.7 cm³/mol. The summed E-state index contributed by atoms with van der Waals surface area (Å²) >= 11 is 0. The van der Waals surface area contributed by atoms with Gasteiger partial charge in [-0.25, -0.2) is 0 Å². The highest BCUT2D eigenvalue weighted by molar-refractivity contribution is 5.26. The van der Waals surface area contributed by atoms with Crippen LogP contribution in [0.5, 0.6) is 0 Å². The van der Waals surface area contributed by atoms with Gasteiger partial charge in [-0.3, -0.25) is 0 Å². The number of rotatable bonds is 3. The highest BCUT2D eigenvalue weighted by atomic mass is 16.5. The highest BCUT2D eigenvalue weighted by Gasteiger charge is 2.46. The van der Waals surface area contributed by atoms with Gasteiger partial charge in [-0.15, -0.1) is 0 Å². The Morgan fingerprint density at radius 2 is 1.95 bits per heavy atom. The molecule has 2 heteroatoms. The van der Waals surface area contributed by atoms with Crippen LogP contribution in [0.4, 0.5) is 0 Å². The minimum Gasteiger partial charge on any atom is -0.375 e. The fourth-order valence-electron chi connectivity index (χ4n) is 3.94. The summed E-state index contributed by atoms with van der Waals surface area (Å²) in [6.07, 6.45) is 6.07. The molecule has 1 aliphatic heterocycles. The molecule has 1 heterocycles. The Bertz CT molecular complexity index is 450. The Labute approximate surface area is 122 Å². The van der Waals surface area contributed by atoms with Crippen molar-refractivity contribution < 1.29 is 4.74 Å². The van der Waals surface area contributed by atoms with Crippen LogP contribution < -0.4 is 5.73 Å². The van der Waals surface area contributed by atoms with E-state index in [9.17, 15) is 0 Å². The number of ether oxygens (including phenoxy) is 1. The molecule has 2 unspecified atom stereocenters. The van der Waals surface area contributed by atoms with Gasteiger partial charge in [-0.2, -0.15) is 0 Å². The second-order valence-electron chi connectivity index (χ2n) is 7.25. The second kappa shape index (κ2) is 5.16. The average Bonchev–Trinajstić information content (AvgIpc) is 2.46. The molecule has 1 aromatic carbocycles. The summed E-state index contributed by atoms with van der Waals surface area (Å²) < 4.78 is 6.04. The molecule has 2 fully saturated rings. The zero-order chi connectivity index (χ0) is 14.2. The summed E-state index contributed by atoms with van der Waals surface area (Å²) in [6.45, 7) is 5.47. The summed E-state index contributed by atoms with van der Waals surface area (Å²) in [5.41, 5.74) is 8.26. The van der Waals surface area contributed by atoms with Crippen LogP contribution in [0.15, 0.2) is 30.3 Å². The van der Waals surface area contributed by atoms with Gasteiger partial charge in [0.2, 0.25) is 0 Å². The average molecular weight is 273 g/mol. The van der Waals surface area contributed by atoms with E-state index in [0.29, 0.717) is 5.92 Å². The molecule has 0 radical (unpaired) electrons. The summed E-state index contributed by atoms with van der Waals surface area (Å²) in [4.78, 5) is 0. The molecule has 1 saturated carbocycles. The first kappa shape index (κ1) is 14.1. The van der Waals surface area contributed by atoms with E-state index in [-0.39, 0.29) is 17.1 Å². The molecule has 1 aliphatic carbocycles. The van der Waals surface area contributed by atoms with E-state index in [1.807, 2.05) is 0 Å². The Morgan fingerprint density at radius 3 is 2.55 bits per heavy atom. The summed E-state index contributed by atoms with van der Waals surface area (Å²) in [5, 5.41) is 0. The molecular formula is C18H27NO. The topological polar surface area (TPSA) is 35.2 Å². The van der Waals surface area contributed by atoms with E-state index >= 15 is 0 Å². The first-order valence-corrected chi connectivity index (χ1v) is 7.99. The van der Waals surface area contributed by atoms with Gasteiger partial charge in [0.1, 0.15) is 0 Å². The van der Waals surface area contributed by atoms with Crippen molar-refractivity contribution in [1.82, 2.24) is 0 Å². The first-order valence-electron chi connectivity index (χ1n) is 7.99. The quantitative estimate of drug-likeness (QED) is 0.912. The lowest BCUT2D eigenvalue weighted by atomic mass is 9.65. The molecular weight excluding hydrogens is 246 g/mol. The summed E-state index contributed by atoms with van der Waals surface area (Å²) in [7, 11) is 0. The molecule has 0 aromatic heterocycles. The Kier molecular flexibility index (Phi) is 3.64. The van der Waals surface area contributed by atoms with Crippen LogP contribution in [0.2, 0.25) is 0 Å². The lowest BCUT2D eigenvalue weighted by Gasteiger charge is -2.50. The van der Waals surface area contributed by atoms with E-state index in [1.165, 1.54) is 24.8 Å². The molecule has 110 valence electrons. The van der Waals surface area contributed by atoms with E-state index in [4.69, 9.17) is 10.5 Å². The normalized spacial score (nSPS) is 27.1. The van der Waals surface area contributed by atoms with Crippen LogP contribution in [-0.4, -0.2) is 18.2 Å². The van der Waals surface area contributed by atoms with E-state index in [0.717, 1.165) is 19.4 Å². The van der Waals surface area contributed by atoms with Crippen LogP contribution >= 0.6 is 0 Å². The van der Waals surface area contributed by atoms with Gasteiger partial charge in [0.25, 0.3) is 0 Å². The first-order chi connectivity index (χ1) is 9.54. The third kappa shape index (κ3) is 2.40. The molecule has 1 aromatic rings. The molecule has 2 nitrogen and oxygen atoms in total. The third-order valence-corrected chi connectivity index (χ3v) is 5.65.